The highest BCUT2D eigenvalue weighted by Gasteiger charge is 2.05. The van der Waals surface area contributed by atoms with Crippen LogP contribution in [0.15, 0.2) is 24.3 Å². The van der Waals surface area contributed by atoms with Crippen molar-refractivity contribution in [2.45, 2.75) is 12.8 Å². The van der Waals surface area contributed by atoms with E-state index in [1.807, 2.05) is 24.3 Å². The number of ether oxygens (including phenoxy) is 1. The molecule has 0 fully saturated rings. The third-order valence-corrected chi connectivity index (χ3v) is 3.13. The molecule has 0 aliphatic heterocycles. The summed E-state index contributed by atoms with van der Waals surface area (Å²) in [4.78, 5) is 24.8. The second kappa shape index (κ2) is 9.92. The van der Waals surface area contributed by atoms with Crippen molar-refractivity contribution in [3.8, 4) is 0 Å². The molecule has 0 aliphatic carbocycles. The Bertz CT molecular complexity index is 472. The zero-order valence-electron chi connectivity index (χ0n) is 13.5. The van der Waals surface area contributed by atoms with Crippen LogP contribution in [0.25, 0.3) is 0 Å². The third kappa shape index (κ3) is 7.19. The highest BCUT2D eigenvalue weighted by molar-refractivity contribution is 5.92. The van der Waals surface area contributed by atoms with E-state index in [0.29, 0.717) is 26.0 Å². The summed E-state index contributed by atoms with van der Waals surface area (Å²) in [6.45, 7) is 1.47. The van der Waals surface area contributed by atoms with E-state index < -0.39 is 0 Å². The van der Waals surface area contributed by atoms with Crippen LogP contribution in [-0.2, 0) is 20.7 Å². The zero-order valence-corrected chi connectivity index (χ0v) is 13.5. The molecule has 1 aromatic carbocycles. The number of nitrogens with zero attached hydrogens (tertiary/aromatic N) is 1. The van der Waals surface area contributed by atoms with Gasteiger partial charge in [0, 0.05) is 39.9 Å². The van der Waals surface area contributed by atoms with Gasteiger partial charge in [-0.2, -0.15) is 0 Å². The van der Waals surface area contributed by atoms with Crippen LogP contribution in [0.4, 0.5) is 5.69 Å². The number of benzene rings is 1. The molecule has 1 aromatic rings. The topological polar surface area (TPSA) is 70.7 Å². The van der Waals surface area contributed by atoms with Gasteiger partial charge in [-0.15, -0.1) is 0 Å². The predicted molar refractivity (Wildman–Crippen MR) is 86.8 cm³/mol. The third-order valence-electron chi connectivity index (χ3n) is 3.13. The number of carbonyl (C=O) groups excluding carboxylic acids is 2. The standard InChI is InChI=1S/C16H25N3O3/c1-19(2)16(21)9-6-13-4-7-14(8-5-13)18-15(20)12-17-10-11-22-3/h4-5,7-8,17H,6,9-12H2,1-3H3,(H,18,20). The molecule has 0 radical (unpaired) electrons. The molecule has 122 valence electrons. The molecule has 0 aliphatic rings. The number of nitrogens with one attached hydrogen (secondary N) is 2. The molecule has 2 N–H and O–H groups in total. The van der Waals surface area contributed by atoms with Crippen LogP contribution in [-0.4, -0.2) is 57.6 Å². The summed E-state index contributed by atoms with van der Waals surface area (Å²) in [7, 11) is 5.12. The van der Waals surface area contributed by atoms with E-state index in [-0.39, 0.29) is 18.4 Å². The molecule has 0 aromatic heterocycles. The maximum absolute atomic E-state index is 11.7. The van der Waals surface area contributed by atoms with Gasteiger partial charge in [0.25, 0.3) is 0 Å². The second-order valence-electron chi connectivity index (χ2n) is 5.20. The largest absolute Gasteiger partial charge is 0.383 e. The molecule has 0 saturated carbocycles. The monoisotopic (exact) mass is 307 g/mol. The van der Waals surface area contributed by atoms with Crippen molar-refractivity contribution in [3.63, 3.8) is 0 Å². The molecule has 0 heterocycles. The smallest absolute Gasteiger partial charge is 0.238 e. The van der Waals surface area contributed by atoms with Crippen LogP contribution in [0.5, 0.6) is 0 Å². The molecule has 6 heteroatoms. The van der Waals surface area contributed by atoms with E-state index in [9.17, 15) is 9.59 Å². The van der Waals surface area contributed by atoms with E-state index in [4.69, 9.17) is 4.74 Å². The minimum atomic E-state index is -0.0911. The fourth-order valence-corrected chi connectivity index (χ4v) is 1.81. The van der Waals surface area contributed by atoms with Crippen LogP contribution in [0.1, 0.15) is 12.0 Å². The van der Waals surface area contributed by atoms with Gasteiger partial charge in [0.2, 0.25) is 11.8 Å². The van der Waals surface area contributed by atoms with Gasteiger partial charge in [-0.3, -0.25) is 9.59 Å². The number of anilines is 1. The van der Waals surface area contributed by atoms with Gasteiger partial charge in [0.1, 0.15) is 0 Å². The van der Waals surface area contributed by atoms with Crippen molar-refractivity contribution >= 4 is 17.5 Å². The number of rotatable bonds is 9. The number of aryl methyl sites for hydroxylation is 1. The van der Waals surface area contributed by atoms with Gasteiger partial charge in [0.15, 0.2) is 0 Å². The Morgan fingerprint density at radius 3 is 2.45 bits per heavy atom. The number of methoxy groups -OCH3 is 1. The lowest BCUT2D eigenvalue weighted by Crippen LogP contribution is -2.30. The maximum Gasteiger partial charge on any atom is 0.238 e. The SMILES string of the molecule is COCCNCC(=O)Nc1ccc(CCC(=O)N(C)C)cc1. The van der Waals surface area contributed by atoms with Crippen molar-refractivity contribution in [1.82, 2.24) is 10.2 Å². The van der Waals surface area contributed by atoms with Crippen LogP contribution in [0.2, 0.25) is 0 Å². The average Bonchev–Trinajstić information content (AvgIpc) is 2.50. The summed E-state index contributed by atoms with van der Waals surface area (Å²) in [6, 6.07) is 7.55. The molecule has 22 heavy (non-hydrogen) atoms. The van der Waals surface area contributed by atoms with Crippen LogP contribution in [0, 0.1) is 0 Å². The number of amides is 2. The van der Waals surface area contributed by atoms with Gasteiger partial charge in [-0.1, -0.05) is 12.1 Å². The van der Waals surface area contributed by atoms with Crippen molar-refractivity contribution < 1.29 is 14.3 Å². The molecule has 0 saturated heterocycles. The maximum atomic E-state index is 11.7. The molecular formula is C16H25N3O3. The Morgan fingerprint density at radius 2 is 1.86 bits per heavy atom. The Labute approximate surface area is 131 Å². The summed E-state index contributed by atoms with van der Waals surface area (Å²) in [5.41, 5.74) is 1.83. The van der Waals surface area contributed by atoms with E-state index in [2.05, 4.69) is 10.6 Å². The van der Waals surface area contributed by atoms with E-state index in [1.165, 1.54) is 0 Å². The first-order valence-corrected chi connectivity index (χ1v) is 7.31. The Hall–Kier alpha value is -1.92. The highest BCUT2D eigenvalue weighted by atomic mass is 16.5. The van der Waals surface area contributed by atoms with Gasteiger partial charge in [-0.05, 0) is 24.1 Å². The minimum Gasteiger partial charge on any atom is -0.383 e. The van der Waals surface area contributed by atoms with Gasteiger partial charge in [0.05, 0.1) is 13.2 Å². The first-order valence-electron chi connectivity index (χ1n) is 7.31. The summed E-state index contributed by atoms with van der Waals surface area (Å²) in [5.74, 6) is 0.0196. The fraction of sp³-hybridized carbons (Fsp3) is 0.500. The fourth-order valence-electron chi connectivity index (χ4n) is 1.81. The van der Waals surface area contributed by atoms with Gasteiger partial charge < -0.3 is 20.3 Å². The summed E-state index contributed by atoms with van der Waals surface area (Å²) in [6.07, 6.45) is 1.19. The second-order valence-corrected chi connectivity index (χ2v) is 5.20. The molecule has 2 amide bonds. The first kappa shape index (κ1) is 18.1. The van der Waals surface area contributed by atoms with Crippen LogP contribution in [0.3, 0.4) is 0 Å². The number of hydrogen-bond acceptors (Lipinski definition) is 4. The molecule has 0 spiro atoms. The van der Waals surface area contributed by atoms with Crippen molar-refractivity contribution in [2.24, 2.45) is 0 Å². The van der Waals surface area contributed by atoms with E-state index >= 15 is 0 Å². The van der Waals surface area contributed by atoms with Crippen molar-refractivity contribution in [3.05, 3.63) is 29.8 Å². The molecular weight excluding hydrogens is 282 g/mol. The van der Waals surface area contributed by atoms with Crippen molar-refractivity contribution in [1.29, 1.82) is 0 Å². The zero-order chi connectivity index (χ0) is 16.4. The highest BCUT2D eigenvalue weighted by Crippen LogP contribution is 2.11. The Balaban J connectivity index is 2.35. The van der Waals surface area contributed by atoms with Crippen LogP contribution < -0.4 is 10.6 Å². The molecule has 0 bridgehead atoms. The Kier molecular flexibility index (Phi) is 8.17. The Morgan fingerprint density at radius 1 is 1.18 bits per heavy atom. The molecule has 0 unspecified atom stereocenters. The van der Waals surface area contributed by atoms with Gasteiger partial charge in [-0.25, -0.2) is 0 Å². The quantitative estimate of drug-likeness (QED) is 0.665. The summed E-state index contributed by atoms with van der Waals surface area (Å²) < 4.78 is 4.89. The minimum absolute atomic E-state index is 0.0911. The average molecular weight is 307 g/mol. The van der Waals surface area contributed by atoms with E-state index in [1.54, 1.807) is 26.1 Å². The normalized spacial score (nSPS) is 10.3. The van der Waals surface area contributed by atoms with Crippen molar-refractivity contribution in [2.75, 3.05) is 46.2 Å². The number of hydrogen-bond donors (Lipinski definition) is 2. The lowest BCUT2D eigenvalue weighted by molar-refractivity contribution is -0.128. The summed E-state index contributed by atoms with van der Waals surface area (Å²) in [5, 5.41) is 5.79. The lowest BCUT2D eigenvalue weighted by Gasteiger charge is -2.10. The first-order chi connectivity index (χ1) is 10.5. The summed E-state index contributed by atoms with van der Waals surface area (Å²) >= 11 is 0. The van der Waals surface area contributed by atoms with Crippen LogP contribution >= 0.6 is 0 Å². The number of carbonyl (C=O) groups is 2. The molecule has 1 rings (SSSR count). The lowest BCUT2D eigenvalue weighted by atomic mass is 10.1. The molecule has 6 nitrogen and oxygen atoms in total. The molecule has 0 atom stereocenters. The van der Waals surface area contributed by atoms with E-state index in [0.717, 1.165) is 11.3 Å². The van der Waals surface area contributed by atoms with Gasteiger partial charge >= 0.3 is 0 Å². The predicted octanol–water partition coefficient (Wildman–Crippen LogP) is 0.882.